The first kappa shape index (κ1) is 58.1. The summed E-state index contributed by atoms with van der Waals surface area (Å²) in [5.74, 6) is 0.824. The molecule has 0 aliphatic rings. The molecule has 0 amide bonds. The Kier molecular flexibility index (Phi) is 19.8. The summed E-state index contributed by atoms with van der Waals surface area (Å²) in [6.45, 7) is 49.9. The van der Waals surface area contributed by atoms with E-state index in [4.69, 9.17) is 0 Å². The van der Waals surface area contributed by atoms with E-state index in [0.717, 1.165) is 44.5 Å². The molecule has 0 aliphatic heterocycles. The van der Waals surface area contributed by atoms with Crippen molar-refractivity contribution in [3.05, 3.63) is 117 Å². The van der Waals surface area contributed by atoms with Gasteiger partial charge < -0.3 is 20.4 Å². The SMILES string of the molecule is CC(C)(C)c1cccc(C(C)(C)C)c1[O-].CC(C)(C)c1cccc(C(C)(C)C)c1[O-].CC(C)(C)c1cccc(C(C)(C)C)c1[O-].CC(C)(C)c1cccc(C(C)(C)C)c1[O-].[U+4]. The molecule has 0 bridgehead atoms. The fraction of sp³-hybridized carbons (Fsp3) is 0.571. The molecule has 0 radical (unpaired) electrons. The molecule has 4 rings (SSSR count). The van der Waals surface area contributed by atoms with E-state index in [-0.39, 0.29) is 97.4 Å². The molecule has 0 saturated heterocycles. The van der Waals surface area contributed by atoms with Crippen LogP contribution in [0.4, 0.5) is 0 Å². The minimum atomic E-state index is -0.0711. The Labute approximate surface area is 398 Å². The normalized spacial score (nSPS) is 12.7. The van der Waals surface area contributed by atoms with Crippen molar-refractivity contribution >= 4 is 0 Å². The summed E-state index contributed by atoms with van der Waals surface area (Å²) in [6.07, 6.45) is 0. The van der Waals surface area contributed by atoms with Crippen molar-refractivity contribution < 1.29 is 51.5 Å². The molecule has 0 spiro atoms. The number of para-hydroxylation sites is 4. The van der Waals surface area contributed by atoms with Crippen molar-refractivity contribution in [3.8, 4) is 23.0 Å². The zero-order valence-electron chi connectivity index (χ0n) is 43.1. The van der Waals surface area contributed by atoms with Crippen LogP contribution in [0.25, 0.3) is 0 Å². The van der Waals surface area contributed by atoms with Gasteiger partial charge in [0.25, 0.3) is 0 Å². The van der Waals surface area contributed by atoms with Gasteiger partial charge in [-0.3, -0.25) is 0 Å². The Morgan fingerprint density at radius 1 is 0.213 bits per heavy atom. The van der Waals surface area contributed by atoms with Crippen LogP contribution in [0.3, 0.4) is 0 Å². The maximum Gasteiger partial charge on any atom is 4.00 e. The number of hydrogen-bond acceptors (Lipinski definition) is 4. The fourth-order valence-electron chi connectivity index (χ4n) is 6.87. The second kappa shape index (κ2) is 20.8. The van der Waals surface area contributed by atoms with E-state index in [9.17, 15) is 20.4 Å². The van der Waals surface area contributed by atoms with Gasteiger partial charge in [-0.05, 0) is 43.3 Å². The van der Waals surface area contributed by atoms with Crippen molar-refractivity contribution in [2.75, 3.05) is 0 Å². The van der Waals surface area contributed by atoms with Crippen LogP contribution >= 0.6 is 0 Å². The van der Waals surface area contributed by atoms with Gasteiger partial charge in [-0.1, -0.05) is 283 Å². The molecule has 0 N–H and O–H groups in total. The average Bonchev–Trinajstić information content (AvgIpc) is 3.01. The van der Waals surface area contributed by atoms with Crippen molar-refractivity contribution in [2.45, 2.75) is 209 Å². The Bertz CT molecular complexity index is 1570. The molecule has 5 heteroatoms. The maximum absolute atomic E-state index is 12.3. The Hall–Kier alpha value is -2.87. The molecular weight excluding hydrogens is 975 g/mol. The summed E-state index contributed by atoms with van der Waals surface area (Å²) in [4.78, 5) is 0. The summed E-state index contributed by atoms with van der Waals surface area (Å²) in [5, 5.41) is 49.0. The van der Waals surface area contributed by atoms with Crippen molar-refractivity contribution in [2.24, 2.45) is 0 Å². The second-order valence-electron chi connectivity index (χ2n) is 24.7. The Morgan fingerprint density at radius 3 is 0.361 bits per heavy atom. The number of rotatable bonds is 0. The molecule has 336 valence electrons. The number of benzene rings is 4. The van der Waals surface area contributed by atoms with Crippen molar-refractivity contribution in [3.63, 3.8) is 0 Å². The Morgan fingerprint density at radius 2 is 0.295 bits per heavy atom. The van der Waals surface area contributed by atoms with E-state index in [0.29, 0.717) is 0 Å². The third-order valence-electron chi connectivity index (χ3n) is 10.5. The number of hydrogen-bond donors (Lipinski definition) is 0. The van der Waals surface area contributed by atoms with Crippen LogP contribution < -0.4 is 20.4 Å². The summed E-state index contributed by atoms with van der Waals surface area (Å²) < 4.78 is 0. The smallest absolute Gasteiger partial charge is 0.872 e. The van der Waals surface area contributed by atoms with Crippen LogP contribution in [0.5, 0.6) is 23.0 Å². The predicted octanol–water partition coefficient (Wildman–Crippen LogP) is 13.4. The third-order valence-corrected chi connectivity index (χ3v) is 10.5. The summed E-state index contributed by atoms with van der Waals surface area (Å²) in [6, 6.07) is 23.5. The molecule has 0 fully saturated rings. The molecule has 0 atom stereocenters. The molecule has 0 saturated carbocycles. The standard InChI is InChI=1S/4C14H22O.U/c4*1-13(2,3)10-8-7-9-11(12(10)15)14(4,5)6;/h4*7-9,15H,1-6H3;/q;;;;+4/p-4. The van der Waals surface area contributed by atoms with Crippen LogP contribution in [0.1, 0.15) is 211 Å². The van der Waals surface area contributed by atoms with E-state index in [2.05, 4.69) is 166 Å². The minimum absolute atomic E-state index is 0. The largest absolute Gasteiger partial charge is 4.00 e. The first-order valence-electron chi connectivity index (χ1n) is 21.8. The van der Waals surface area contributed by atoms with Gasteiger partial charge in [-0.2, -0.15) is 0 Å². The molecule has 0 aromatic heterocycles. The Balaban J connectivity index is 0.000000783. The molecule has 0 aliphatic carbocycles. The summed E-state index contributed by atoms with van der Waals surface area (Å²) in [5.41, 5.74) is 6.73. The minimum Gasteiger partial charge on any atom is -0.872 e. The van der Waals surface area contributed by atoms with Crippen molar-refractivity contribution in [1.29, 1.82) is 0 Å². The van der Waals surface area contributed by atoms with E-state index in [1.54, 1.807) is 0 Å². The van der Waals surface area contributed by atoms with Crippen LogP contribution in [-0.2, 0) is 43.3 Å². The van der Waals surface area contributed by atoms with Crippen LogP contribution in [-0.4, -0.2) is 0 Å². The average molecular weight is 1060 g/mol. The topological polar surface area (TPSA) is 92.2 Å². The van der Waals surface area contributed by atoms with Crippen LogP contribution in [0.2, 0.25) is 0 Å². The van der Waals surface area contributed by atoms with Crippen molar-refractivity contribution in [1.82, 2.24) is 0 Å². The summed E-state index contributed by atoms with van der Waals surface area (Å²) >= 11 is 0. The van der Waals surface area contributed by atoms with Gasteiger partial charge in [-0.25, -0.2) is 0 Å². The second-order valence-corrected chi connectivity index (χ2v) is 24.7. The molecule has 0 unspecified atom stereocenters. The first-order valence-corrected chi connectivity index (χ1v) is 21.8. The van der Waals surface area contributed by atoms with Gasteiger partial charge in [0, 0.05) is 0 Å². The fourth-order valence-corrected chi connectivity index (χ4v) is 6.87. The molecule has 4 aromatic rings. The van der Waals surface area contributed by atoms with E-state index >= 15 is 0 Å². The van der Waals surface area contributed by atoms with E-state index in [1.807, 2.05) is 72.8 Å². The predicted molar refractivity (Wildman–Crippen MR) is 253 cm³/mol. The van der Waals surface area contributed by atoms with Gasteiger partial charge in [0.15, 0.2) is 0 Å². The van der Waals surface area contributed by atoms with Gasteiger partial charge in [0.2, 0.25) is 0 Å². The summed E-state index contributed by atoms with van der Waals surface area (Å²) in [7, 11) is 0. The van der Waals surface area contributed by atoms with Crippen LogP contribution in [0, 0.1) is 31.1 Å². The first-order chi connectivity index (χ1) is 26.6. The van der Waals surface area contributed by atoms with Gasteiger partial charge in [0.1, 0.15) is 0 Å². The molecular formula is C56H84O4U. The third kappa shape index (κ3) is 17.0. The monoisotopic (exact) mass is 1060 g/mol. The molecule has 0 heterocycles. The van der Waals surface area contributed by atoms with E-state index < -0.39 is 0 Å². The zero-order valence-corrected chi connectivity index (χ0v) is 47.2. The zero-order chi connectivity index (χ0) is 47.4. The van der Waals surface area contributed by atoms with Gasteiger partial charge >= 0.3 is 31.1 Å². The molecule has 61 heavy (non-hydrogen) atoms. The molecule has 4 nitrogen and oxygen atoms in total. The van der Waals surface area contributed by atoms with Crippen LogP contribution in [0.15, 0.2) is 72.8 Å². The van der Waals surface area contributed by atoms with Gasteiger partial charge in [-0.15, -0.1) is 23.0 Å². The van der Waals surface area contributed by atoms with E-state index in [1.165, 1.54) is 0 Å². The quantitative estimate of drug-likeness (QED) is 0.175. The maximum atomic E-state index is 12.3. The van der Waals surface area contributed by atoms with Gasteiger partial charge in [0.05, 0.1) is 0 Å². The molecule has 4 aromatic carbocycles.